The molecule has 0 aromatic heterocycles. The van der Waals surface area contributed by atoms with Gasteiger partial charge >= 0.3 is 0 Å². The number of fused-ring (bicyclic) bond motifs is 1. The van der Waals surface area contributed by atoms with Crippen molar-refractivity contribution in [1.82, 2.24) is 0 Å². The van der Waals surface area contributed by atoms with Crippen molar-refractivity contribution in [1.29, 1.82) is 0 Å². The summed E-state index contributed by atoms with van der Waals surface area (Å²) >= 11 is 0. The Morgan fingerprint density at radius 1 is 1.33 bits per heavy atom. The highest BCUT2D eigenvalue weighted by molar-refractivity contribution is 5.88. The van der Waals surface area contributed by atoms with E-state index in [1.54, 1.807) is 0 Å². The predicted octanol–water partition coefficient (Wildman–Crippen LogP) is 2.73. The Morgan fingerprint density at radius 3 is 2.44 bits per heavy atom. The summed E-state index contributed by atoms with van der Waals surface area (Å²) in [5, 5.41) is 10.8. The number of ketones is 1. The van der Waals surface area contributed by atoms with Gasteiger partial charge in [0.05, 0.1) is 0 Å². The Labute approximate surface area is 109 Å². The van der Waals surface area contributed by atoms with Crippen LogP contribution in [0.1, 0.15) is 33.6 Å². The number of hydrogen-bond donors (Lipinski definition) is 1. The van der Waals surface area contributed by atoms with E-state index in [4.69, 9.17) is 0 Å². The lowest BCUT2D eigenvalue weighted by atomic mass is 9.58. The Balaban J connectivity index is 2.10. The van der Waals surface area contributed by atoms with Crippen molar-refractivity contribution in [2.75, 3.05) is 0 Å². The average molecular weight is 246 g/mol. The summed E-state index contributed by atoms with van der Waals surface area (Å²) in [7, 11) is 0. The smallest absolute Gasteiger partial charge is 0.165 e. The second-order valence-corrected chi connectivity index (χ2v) is 6.52. The lowest BCUT2D eigenvalue weighted by Gasteiger charge is -2.47. The van der Waals surface area contributed by atoms with Gasteiger partial charge in [0.25, 0.3) is 0 Å². The van der Waals surface area contributed by atoms with Crippen LogP contribution < -0.4 is 0 Å². The molecular formula is C16H22O2. The molecule has 1 saturated carbocycles. The Morgan fingerprint density at radius 2 is 1.94 bits per heavy atom. The summed E-state index contributed by atoms with van der Waals surface area (Å²) in [4.78, 5) is 11.9. The Bertz CT molecular complexity index is 446. The molecule has 0 heterocycles. The average Bonchev–Trinajstić information content (AvgIpc) is 2.69. The van der Waals surface area contributed by atoms with E-state index in [1.807, 2.05) is 6.08 Å². The number of allylic oxidation sites excluding steroid dienone is 3. The van der Waals surface area contributed by atoms with Crippen molar-refractivity contribution in [3.8, 4) is 0 Å². The SMILES string of the molecule is CC(=O)[C@@]1(O)C=C(C(C)C)[C@H]2[C@@H]1[C@H]1C=C[C@@H]2CC1. The summed E-state index contributed by atoms with van der Waals surface area (Å²) < 4.78 is 0. The maximum Gasteiger partial charge on any atom is 0.165 e. The van der Waals surface area contributed by atoms with Gasteiger partial charge in [-0.05, 0) is 49.5 Å². The van der Waals surface area contributed by atoms with Crippen molar-refractivity contribution in [2.24, 2.45) is 29.6 Å². The quantitative estimate of drug-likeness (QED) is 0.761. The third kappa shape index (κ3) is 1.41. The molecule has 0 unspecified atom stereocenters. The Kier molecular flexibility index (Phi) is 2.57. The van der Waals surface area contributed by atoms with Crippen LogP contribution in [-0.2, 0) is 4.79 Å². The lowest BCUT2D eigenvalue weighted by Crippen LogP contribution is -2.50. The van der Waals surface area contributed by atoms with Crippen molar-refractivity contribution >= 4 is 5.78 Å². The fraction of sp³-hybridized carbons (Fsp3) is 0.688. The van der Waals surface area contributed by atoms with Crippen LogP contribution in [0.25, 0.3) is 0 Å². The van der Waals surface area contributed by atoms with Gasteiger partial charge in [0.1, 0.15) is 5.60 Å². The van der Waals surface area contributed by atoms with E-state index in [9.17, 15) is 9.90 Å². The summed E-state index contributed by atoms with van der Waals surface area (Å²) in [5.41, 5.74) is 0.0926. The Hall–Kier alpha value is -0.890. The molecular weight excluding hydrogens is 224 g/mol. The highest BCUT2D eigenvalue weighted by atomic mass is 16.3. The monoisotopic (exact) mass is 246 g/mol. The number of rotatable bonds is 2. The fourth-order valence-electron chi connectivity index (χ4n) is 4.38. The van der Waals surface area contributed by atoms with Crippen LogP contribution in [0.2, 0.25) is 0 Å². The van der Waals surface area contributed by atoms with Crippen LogP contribution in [0.3, 0.4) is 0 Å². The molecule has 0 spiro atoms. The summed E-state index contributed by atoms with van der Waals surface area (Å²) in [6, 6.07) is 0. The first-order chi connectivity index (χ1) is 8.45. The minimum absolute atomic E-state index is 0.0888. The van der Waals surface area contributed by atoms with Gasteiger partial charge in [0, 0.05) is 5.92 Å². The summed E-state index contributed by atoms with van der Waals surface area (Å²) in [6.45, 7) is 5.87. The molecule has 0 amide bonds. The summed E-state index contributed by atoms with van der Waals surface area (Å²) in [5.74, 6) is 1.72. The largest absolute Gasteiger partial charge is 0.378 e. The fourth-order valence-corrected chi connectivity index (χ4v) is 4.38. The number of hydrogen-bond acceptors (Lipinski definition) is 2. The minimum atomic E-state index is -1.21. The highest BCUT2D eigenvalue weighted by Crippen LogP contribution is 2.57. The normalized spacial score (nSPS) is 45.3. The second kappa shape index (κ2) is 3.80. The standard InChI is InChI=1S/C16H22O2/c1-9(2)13-8-16(18,10(3)17)15-12-6-4-11(5-7-12)14(13)15/h4,6,8-9,11-12,14-15,18H,5,7H2,1-3H3/t11-,12+,14+,15+,16+/m1/s1. The summed E-state index contributed by atoms with van der Waals surface area (Å²) in [6.07, 6.45) is 8.78. The van der Waals surface area contributed by atoms with E-state index in [-0.39, 0.29) is 11.7 Å². The van der Waals surface area contributed by atoms with Crippen molar-refractivity contribution < 1.29 is 9.90 Å². The zero-order valence-corrected chi connectivity index (χ0v) is 11.4. The van der Waals surface area contributed by atoms with Crippen LogP contribution in [0, 0.1) is 29.6 Å². The van der Waals surface area contributed by atoms with Crippen LogP contribution >= 0.6 is 0 Å². The molecule has 4 aliphatic carbocycles. The van der Waals surface area contributed by atoms with Crippen molar-refractivity contribution in [3.05, 3.63) is 23.8 Å². The second-order valence-electron chi connectivity index (χ2n) is 6.52. The molecule has 4 rings (SSSR count). The molecule has 2 nitrogen and oxygen atoms in total. The van der Waals surface area contributed by atoms with E-state index in [0.717, 1.165) is 6.42 Å². The van der Waals surface area contributed by atoms with Gasteiger partial charge in [0.2, 0.25) is 0 Å². The minimum Gasteiger partial charge on any atom is -0.378 e. The van der Waals surface area contributed by atoms with Crippen molar-refractivity contribution in [3.63, 3.8) is 0 Å². The van der Waals surface area contributed by atoms with Gasteiger partial charge in [-0.25, -0.2) is 0 Å². The maximum absolute atomic E-state index is 11.9. The molecule has 0 saturated heterocycles. The van der Waals surface area contributed by atoms with Gasteiger partial charge in [-0.15, -0.1) is 0 Å². The third-order valence-corrected chi connectivity index (χ3v) is 5.26. The molecule has 18 heavy (non-hydrogen) atoms. The van der Waals surface area contributed by atoms with E-state index in [1.165, 1.54) is 18.9 Å². The van der Waals surface area contributed by atoms with E-state index >= 15 is 0 Å². The first kappa shape index (κ1) is 12.2. The van der Waals surface area contributed by atoms with E-state index in [2.05, 4.69) is 26.0 Å². The van der Waals surface area contributed by atoms with Crippen LogP contribution in [0.15, 0.2) is 23.8 Å². The molecule has 0 aliphatic heterocycles. The molecule has 0 radical (unpaired) electrons. The van der Waals surface area contributed by atoms with Gasteiger partial charge in [-0.3, -0.25) is 4.79 Å². The number of aliphatic hydroxyl groups is 1. The van der Waals surface area contributed by atoms with Crippen LogP contribution in [-0.4, -0.2) is 16.5 Å². The van der Waals surface area contributed by atoms with Crippen LogP contribution in [0.4, 0.5) is 0 Å². The molecule has 0 aromatic rings. The highest BCUT2D eigenvalue weighted by Gasteiger charge is 2.57. The topological polar surface area (TPSA) is 37.3 Å². The molecule has 2 bridgehead atoms. The maximum atomic E-state index is 11.9. The van der Waals surface area contributed by atoms with E-state index < -0.39 is 5.60 Å². The molecule has 98 valence electrons. The number of carbonyl (C=O) groups excluding carboxylic acids is 1. The van der Waals surface area contributed by atoms with Crippen LogP contribution in [0.5, 0.6) is 0 Å². The van der Waals surface area contributed by atoms with Gasteiger partial charge in [0.15, 0.2) is 5.78 Å². The van der Waals surface area contributed by atoms with Gasteiger partial charge < -0.3 is 5.11 Å². The molecule has 1 N–H and O–H groups in total. The first-order valence-electron chi connectivity index (χ1n) is 7.09. The predicted molar refractivity (Wildman–Crippen MR) is 70.9 cm³/mol. The first-order valence-corrected chi connectivity index (χ1v) is 7.09. The molecule has 5 atom stereocenters. The van der Waals surface area contributed by atoms with Gasteiger partial charge in [-0.2, -0.15) is 0 Å². The number of Topliss-reactive ketones (excluding diaryl/α,β-unsaturated/α-hetero) is 1. The zero-order chi connectivity index (χ0) is 13.1. The molecule has 0 aromatic carbocycles. The van der Waals surface area contributed by atoms with E-state index in [0.29, 0.717) is 23.7 Å². The third-order valence-electron chi connectivity index (χ3n) is 5.26. The zero-order valence-electron chi connectivity index (χ0n) is 11.4. The lowest BCUT2D eigenvalue weighted by molar-refractivity contribution is -0.139. The molecule has 4 aliphatic rings. The molecule has 1 fully saturated rings. The van der Waals surface area contributed by atoms with Gasteiger partial charge in [-0.1, -0.05) is 31.6 Å². The molecule has 2 heteroatoms. The van der Waals surface area contributed by atoms with Crippen molar-refractivity contribution in [2.45, 2.75) is 39.2 Å². The number of carbonyl (C=O) groups is 1.